The first-order valence-corrected chi connectivity index (χ1v) is 13.6. The predicted octanol–water partition coefficient (Wildman–Crippen LogP) is 5.76. The van der Waals surface area contributed by atoms with Crippen molar-refractivity contribution in [2.45, 2.75) is 32.9 Å². The zero-order valence-corrected chi connectivity index (χ0v) is 22.6. The highest BCUT2D eigenvalue weighted by molar-refractivity contribution is 7.16. The SMILES string of the molecule is Cc1ccc2oc3c(c(=O)c2c1)C1(C(=O)N(Cc2ccccc2F)c2ccccc21)N(c1nc(C)c(C)s1)C3=O. The molecule has 7 nitrogen and oxygen atoms in total. The lowest BCUT2D eigenvalue weighted by Crippen LogP contribution is -2.53. The van der Waals surface area contributed by atoms with Crippen molar-refractivity contribution in [1.82, 2.24) is 4.98 Å². The highest BCUT2D eigenvalue weighted by atomic mass is 32.1. The summed E-state index contributed by atoms with van der Waals surface area (Å²) in [4.78, 5) is 51.7. The number of benzene rings is 3. The summed E-state index contributed by atoms with van der Waals surface area (Å²) in [6.45, 7) is 5.47. The minimum absolute atomic E-state index is 0.0467. The molecular weight excluding hydrogens is 529 g/mol. The number of aromatic nitrogens is 1. The van der Waals surface area contributed by atoms with Gasteiger partial charge in [0, 0.05) is 16.0 Å². The number of rotatable bonds is 3. The monoisotopic (exact) mass is 551 g/mol. The van der Waals surface area contributed by atoms with Crippen LogP contribution in [0.4, 0.5) is 15.2 Å². The van der Waals surface area contributed by atoms with Gasteiger partial charge in [0.05, 0.1) is 28.9 Å². The Morgan fingerprint density at radius 1 is 0.975 bits per heavy atom. The summed E-state index contributed by atoms with van der Waals surface area (Å²) < 4.78 is 20.9. The molecule has 0 fully saturated rings. The minimum atomic E-state index is -1.87. The fourth-order valence-electron chi connectivity index (χ4n) is 5.78. The topological polar surface area (TPSA) is 83.7 Å². The van der Waals surface area contributed by atoms with E-state index in [1.807, 2.05) is 20.8 Å². The van der Waals surface area contributed by atoms with Crippen LogP contribution >= 0.6 is 11.3 Å². The van der Waals surface area contributed by atoms with Gasteiger partial charge < -0.3 is 9.32 Å². The summed E-state index contributed by atoms with van der Waals surface area (Å²) in [5.41, 5.74) is 0.647. The molecule has 5 aromatic rings. The van der Waals surface area contributed by atoms with Gasteiger partial charge in [0.1, 0.15) is 11.4 Å². The van der Waals surface area contributed by atoms with E-state index in [1.165, 1.54) is 27.2 Å². The number of para-hydroxylation sites is 1. The smallest absolute Gasteiger partial charge is 0.297 e. The summed E-state index contributed by atoms with van der Waals surface area (Å²) >= 11 is 1.26. The average Bonchev–Trinajstić information content (AvgIpc) is 3.49. The molecule has 4 heterocycles. The molecule has 3 aromatic carbocycles. The summed E-state index contributed by atoms with van der Waals surface area (Å²) in [5, 5.41) is 0.555. The van der Waals surface area contributed by atoms with Crippen LogP contribution in [0.25, 0.3) is 11.0 Å². The maximum Gasteiger partial charge on any atom is 0.297 e. The van der Waals surface area contributed by atoms with Gasteiger partial charge in [0.25, 0.3) is 11.8 Å². The van der Waals surface area contributed by atoms with Crippen LogP contribution in [0.5, 0.6) is 0 Å². The van der Waals surface area contributed by atoms with Crippen molar-refractivity contribution in [3.63, 3.8) is 0 Å². The number of carbonyl (C=O) groups is 2. The molecule has 40 heavy (non-hydrogen) atoms. The Kier molecular flexibility index (Phi) is 5.15. The average molecular weight is 552 g/mol. The number of amides is 2. The molecule has 2 aromatic heterocycles. The van der Waals surface area contributed by atoms with Gasteiger partial charge in [-0.3, -0.25) is 19.3 Å². The van der Waals surface area contributed by atoms with E-state index >= 15 is 0 Å². The van der Waals surface area contributed by atoms with Crippen molar-refractivity contribution in [1.29, 1.82) is 0 Å². The zero-order chi connectivity index (χ0) is 27.9. The van der Waals surface area contributed by atoms with E-state index in [2.05, 4.69) is 4.98 Å². The molecule has 0 N–H and O–H groups in total. The van der Waals surface area contributed by atoms with Gasteiger partial charge in [0.15, 0.2) is 16.1 Å². The van der Waals surface area contributed by atoms with E-state index in [9.17, 15) is 18.8 Å². The molecule has 0 radical (unpaired) electrons. The minimum Gasteiger partial charge on any atom is -0.450 e. The second kappa shape index (κ2) is 8.43. The van der Waals surface area contributed by atoms with E-state index in [4.69, 9.17) is 4.42 Å². The largest absolute Gasteiger partial charge is 0.450 e. The maximum absolute atomic E-state index is 14.8. The summed E-state index contributed by atoms with van der Waals surface area (Å²) in [6, 6.07) is 18.4. The van der Waals surface area contributed by atoms with Crippen LogP contribution < -0.4 is 15.2 Å². The fraction of sp³-hybridized carbons (Fsp3) is 0.161. The number of carbonyl (C=O) groups excluding carboxylic acids is 2. The fourth-order valence-corrected chi connectivity index (χ4v) is 6.74. The van der Waals surface area contributed by atoms with Gasteiger partial charge in [-0.2, -0.15) is 0 Å². The molecule has 2 aliphatic rings. The highest BCUT2D eigenvalue weighted by Crippen LogP contribution is 2.55. The molecule has 7 rings (SSSR count). The molecule has 0 bridgehead atoms. The quantitative estimate of drug-likeness (QED) is 0.285. The summed E-state index contributed by atoms with van der Waals surface area (Å²) in [6.07, 6.45) is 0. The molecule has 1 spiro atoms. The lowest BCUT2D eigenvalue weighted by atomic mass is 9.84. The first-order chi connectivity index (χ1) is 19.2. The van der Waals surface area contributed by atoms with Gasteiger partial charge in [-0.15, -0.1) is 11.3 Å². The number of thiazole rings is 1. The third-order valence-electron chi connectivity index (χ3n) is 7.77. The standard InChI is InChI=1S/C31H22FN3O4S/c1-16-12-13-24-20(14-16)26(36)25-27(39-24)28(37)35(30-33-17(2)18(3)40-30)31(25)21-9-5-7-11-23(21)34(29(31)38)15-19-8-4-6-10-22(19)32/h4-14H,15H2,1-3H3. The molecule has 1 unspecified atom stereocenters. The molecular formula is C31H22FN3O4S. The molecule has 0 saturated carbocycles. The van der Waals surface area contributed by atoms with Crippen molar-refractivity contribution in [3.05, 3.63) is 121 Å². The highest BCUT2D eigenvalue weighted by Gasteiger charge is 2.66. The number of halogens is 1. The molecule has 2 amide bonds. The molecule has 198 valence electrons. The normalized spacial score (nSPS) is 17.8. The van der Waals surface area contributed by atoms with Gasteiger partial charge in [-0.25, -0.2) is 9.37 Å². The predicted molar refractivity (Wildman–Crippen MR) is 150 cm³/mol. The van der Waals surface area contributed by atoms with Crippen LogP contribution in [-0.2, 0) is 16.9 Å². The number of hydrogen-bond donors (Lipinski definition) is 0. The van der Waals surface area contributed by atoms with Crippen molar-refractivity contribution in [2.24, 2.45) is 0 Å². The first kappa shape index (κ1) is 24.4. The molecule has 9 heteroatoms. The van der Waals surface area contributed by atoms with Crippen molar-refractivity contribution in [2.75, 3.05) is 9.80 Å². The molecule has 0 aliphatic carbocycles. The Labute approximate surface area is 232 Å². The van der Waals surface area contributed by atoms with Crippen molar-refractivity contribution >= 4 is 44.9 Å². The Morgan fingerprint density at radius 3 is 2.48 bits per heavy atom. The number of anilines is 2. The van der Waals surface area contributed by atoms with Gasteiger partial charge >= 0.3 is 0 Å². The Balaban J connectivity index is 1.58. The van der Waals surface area contributed by atoms with Gasteiger partial charge in [0.2, 0.25) is 5.76 Å². The van der Waals surface area contributed by atoms with Crippen LogP contribution in [-0.4, -0.2) is 16.8 Å². The van der Waals surface area contributed by atoms with Crippen molar-refractivity contribution < 1.29 is 18.4 Å². The maximum atomic E-state index is 14.8. The number of aryl methyl sites for hydroxylation is 3. The van der Waals surface area contributed by atoms with Gasteiger partial charge in [-0.1, -0.05) is 48.0 Å². The Morgan fingerprint density at radius 2 is 1.73 bits per heavy atom. The van der Waals surface area contributed by atoms with Crippen LogP contribution in [0.15, 0.2) is 75.9 Å². The molecule has 2 aliphatic heterocycles. The zero-order valence-electron chi connectivity index (χ0n) is 21.8. The van der Waals surface area contributed by atoms with E-state index in [0.29, 0.717) is 22.5 Å². The van der Waals surface area contributed by atoms with E-state index in [0.717, 1.165) is 10.4 Å². The molecule has 1 atom stereocenters. The van der Waals surface area contributed by atoms with Gasteiger partial charge in [-0.05, 0) is 45.0 Å². The van der Waals surface area contributed by atoms with Crippen LogP contribution in [0.2, 0.25) is 0 Å². The first-order valence-electron chi connectivity index (χ1n) is 12.7. The summed E-state index contributed by atoms with van der Waals surface area (Å²) in [7, 11) is 0. The number of nitrogens with zero attached hydrogens (tertiary/aromatic N) is 3. The van der Waals surface area contributed by atoms with E-state index in [1.54, 1.807) is 60.7 Å². The van der Waals surface area contributed by atoms with Crippen LogP contribution in [0.1, 0.15) is 43.4 Å². The Bertz CT molecular complexity index is 1960. The third-order valence-corrected chi connectivity index (χ3v) is 8.83. The van der Waals surface area contributed by atoms with Crippen molar-refractivity contribution in [3.8, 4) is 0 Å². The molecule has 0 saturated heterocycles. The lowest BCUT2D eigenvalue weighted by Gasteiger charge is -2.32. The van der Waals surface area contributed by atoms with E-state index < -0.39 is 28.6 Å². The second-order valence-corrected chi connectivity index (χ2v) is 11.3. The third kappa shape index (κ3) is 3.09. The Hall–Kier alpha value is -4.63. The lowest BCUT2D eigenvalue weighted by molar-refractivity contribution is -0.121. The number of fused-ring (bicyclic) bond motifs is 5. The van der Waals surface area contributed by atoms with E-state index in [-0.39, 0.29) is 34.0 Å². The number of hydrogen-bond acceptors (Lipinski definition) is 6. The van der Waals surface area contributed by atoms with Crippen LogP contribution in [0.3, 0.4) is 0 Å². The van der Waals surface area contributed by atoms with Crippen LogP contribution in [0, 0.1) is 26.6 Å². The second-order valence-electron chi connectivity index (χ2n) is 10.1. The summed E-state index contributed by atoms with van der Waals surface area (Å²) in [5.74, 6) is -1.82.